The fourth-order valence-electron chi connectivity index (χ4n) is 3.05. The van der Waals surface area contributed by atoms with Gasteiger partial charge in [-0.3, -0.25) is 4.79 Å². The van der Waals surface area contributed by atoms with E-state index < -0.39 is 14.4 Å². The fourth-order valence-corrected chi connectivity index (χ4v) is 4.79. The quantitative estimate of drug-likeness (QED) is 0.214. The topological polar surface area (TPSA) is 55.8 Å². The number of ether oxygens (including phenoxy) is 1. The molecule has 0 saturated heterocycles. The smallest absolute Gasteiger partial charge is 0.308 e. The minimum Gasteiger partial charge on any atom is -0.457 e. The largest absolute Gasteiger partial charge is 0.457 e. The van der Waals surface area contributed by atoms with Gasteiger partial charge in [0.15, 0.2) is 8.32 Å². The Morgan fingerprint density at radius 3 is 2.43 bits per heavy atom. The summed E-state index contributed by atoms with van der Waals surface area (Å²) in [5, 5.41) is 10.6. The van der Waals surface area contributed by atoms with Crippen LogP contribution in [0.1, 0.15) is 60.8 Å². The van der Waals surface area contributed by atoms with Gasteiger partial charge in [0.1, 0.15) is 6.10 Å². The first-order valence-corrected chi connectivity index (χ1v) is 14.4. The Morgan fingerprint density at radius 1 is 1.29 bits per heavy atom. The summed E-state index contributed by atoms with van der Waals surface area (Å²) >= 11 is 2.18. The maximum Gasteiger partial charge on any atom is 0.308 e. The second-order valence-electron chi connectivity index (χ2n) is 9.76. The minimum absolute atomic E-state index is 0.00370. The van der Waals surface area contributed by atoms with Crippen molar-refractivity contribution in [3.05, 3.63) is 21.8 Å². The van der Waals surface area contributed by atoms with Crippen LogP contribution in [0.4, 0.5) is 0 Å². The van der Waals surface area contributed by atoms with E-state index in [0.29, 0.717) is 0 Å². The van der Waals surface area contributed by atoms with Crippen molar-refractivity contribution >= 4 is 36.9 Å². The van der Waals surface area contributed by atoms with Crippen LogP contribution in [0, 0.1) is 11.8 Å². The highest BCUT2D eigenvalue weighted by Crippen LogP contribution is 2.38. The summed E-state index contributed by atoms with van der Waals surface area (Å²) < 4.78 is 14.4. The molecule has 0 amide bonds. The maximum absolute atomic E-state index is 12.8. The van der Waals surface area contributed by atoms with Crippen molar-refractivity contribution in [2.24, 2.45) is 11.8 Å². The van der Waals surface area contributed by atoms with Gasteiger partial charge >= 0.3 is 5.97 Å². The molecule has 162 valence electrons. The molecule has 0 aromatic heterocycles. The van der Waals surface area contributed by atoms with E-state index >= 15 is 0 Å². The van der Waals surface area contributed by atoms with Crippen molar-refractivity contribution in [3.8, 4) is 0 Å². The molecule has 1 N–H and O–H groups in total. The molecule has 0 radical (unpaired) electrons. The van der Waals surface area contributed by atoms with E-state index in [1.54, 1.807) is 0 Å². The number of carbonyl (C=O) groups excluding carboxylic acids is 1. The molecule has 0 aromatic carbocycles. The van der Waals surface area contributed by atoms with Crippen LogP contribution in [0.2, 0.25) is 18.1 Å². The van der Waals surface area contributed by atoms with Crippen molar-refractivity contribution in [2.75, 3.05) is 0 Å². The summed E-state index contributed by atoms with van der Waals surface area (Å²) in [6, 6.07) is 0. The van der Waals surface area contributed by atoms with Crippen LogP contribution >= 0.6 is 22.6 Å². The zero-order chi connectivity index (χ0) is 21.7. The van der Waals surface area contributed by atoms with Crippen molar-refractivity contribution in [2.45, 2.75) is 97.2 Å². The van der Waals surface area contributed by atoms with Crippen LogP contribution in [0.5, 0.6) is 0 Å². The molecular weight excluding hydrogens is 483 g/mol. The van der Waals surface area contributed by atoms with Gasteiger partial charge in [-0.15, -0.1) is 0 Å². The molecule has 0 bridgehead atoms. The highest BCUT2D eigenvalue weighted by atomic mass is 127. The molecule has 0 aromatic rings. The number of esters is 1. The number of carbonyl (C=O) groups is 1. The summed E-state index contributed by atoms with van der Waals surface area (Å²) in [7, 11) is -2.01. The van der Waals surface area contributed by atoms with E-state index in [9.17, 15) is 9.90 Å². The summed E-state index contributed by atoms with van der Waals surface area (Å²) in [5.41, 5.74) is 1.01. The molecule has 6 heteroatoms. The number of halogens is 1. The molecular formula is C22H39IO4Si. The Kier molecular flexibility index (Phi) is 9.91. The molecule has 0 unspecified atom stereocenters. The summed E-state index contributed by atoms with van der Waals surface area (Å²) in [6.45, 7) is 17.1. The normalized spacial score (nSPS) is 32.9. The molecule has 0 fully saturated rings. The molecule has 1 aliphatic rings. The molecule has 0 spiro atoms. The van der Waals surface area contributed by atoms with Crippen molar-refractivity contribution < 1.29 is 19.1 Å². The molecule has 0 saturated carbocycles. The second kappa shape index (κ2) is 10.7. The monoisotopic (exact) mass is 522 g/mol. The Labute approximate surface area is 186 Å². The predicted molar refractivity (Wildman–Crippen MR) is 127 cm³/mol. The number of aliphatic hydroxyl groups is 1. The van der Waals surface area contributed by atoms with E-state index in [-0.39, 0.29) is 41.5 Å². The van der Waals surface area contributed by atoms with Gasteiger partial charge in [-0.2, -0.15) is 0 Å². The summed E-state index contributed by atoms with van der Waals surface area (Å²) in [4.78, 5) is 12.8. The fraction of sp³-hybridized carbons (Fsp3) is 0.773. The Balaban J connectivity index is 3.13. The van der Waals surface area contributed by atoms with Gasteiger partial charge in [-0.05, 0) is 53.5 Å². The third kappa shape index (κ3) is 7.57. The van der Waals surface area contributed by atoms with Crippen LogP contribution in [0.3, 0.4) is 0 Å². The first-order valence-electron chi connectivity index (χ1n) is 10.3. The third-order valence-electron chi connectivity index (χ3n) is 6.16. The third-order valence-corrected chi connectivity index (χ3v) is 11.7. The first-order chi connectivity index (χ1) is 12.8. The van der Waals surface area contributed by atoms with Gasteiger partial charge in [-0.1, -0.05) is 69.4 Å². The standard InChI is InChI=1S/C22H39IO4Si/c1-15-9-11-18(27-28(7,8)22(4,5)6)13-20(25)26-21(17(3)14-23)16(2)10-12-19(15)24/h10,12,14-16,18-19,21,24H,9,11,13H2,1-8H3/b12-10+,17-14+/t15-,16-,18+,19-,21-/m0/s1. The number of cyclic esters (lactones) is 1. The SMILES string of the molecule is C/C(=C\I)[C@H]1OC(=O)C[C@H](O[Si](C)(C)C(C)(C)C)CC[C@H](C)[C@@H](O)/C=C/[C@@H]1C. The predicted octanol–water partition coefficient (Wildman–Crippen LogP) is 6.00. The highest BCUT2D eigenvalue weighted by molar-refractivity contribution is 14.1. The van der Waals surface area contributed by atoms with Gasteiger partial charge in [0, 0.05) is 5.92 Å². The number of hydrogen-bond donors (Lipinski definition) is 1. The second-order valence-corrected chi connectivity index (χ2v) is 15.1. The van der Waals surface area contributed by atoms with Crippen molar-refractivity contribution in [3.63, 3.8) is 0 Å². The van der Waals surface area contributed by atoms with Gasteiger partial charge < -0.3 is 14.3 Å². The molecule has 1 heterocycles. The summed E-state index contributed by atoms with van der Waals surface area (Å²) in [6.07, 6.45) is 4.63. The number of rotatable bonds is 3. The van der Waals surface area contributed by atoms with E-state index in [2.05, 4.69) is 63.4 Å². The van der Waals surface area contributed by atoms with Gasteiger partial charge in [0.2, 0.25) is 0 Å². The highest BCUT2D eigenvalue weighted by Gasteiger charge is 2.40. The Bertz CT molecular complexity index is 580. The Hall–Kier alpha value is -0.183. The Morgan fingerprint density at radius 2 is 1.89 bits per heavy atom. The average molecular weight is 523 g/mol. The van der Waals surface area contributed by atoms with Crippen LogP contribution in [-0.2, 0) is 14.0 Å². The molecule has 0 aliphatic carbocycles. The lowest BCUT2D eigenvalue weighted by Gasteiger charge is -2.39. The first kappa shape index (κ1) is 25.9. The van der Waals surface area contributed by atoms with Crippen LogP contribution in [0.15, 0.2) is 21.8 Å². The molecule has 1 rings (SSSR count). The van der Waals surface area contributed by atoms with Gasteiger partial charge in [0.25, 0.3) is 0 Å². The summed E-state index contributed by atoms with van der Waals surface area (Å²) in [5.74, 6) is -0.0968. The van der Waals surface area contributed by atoms with Crippen LogP contribution in [-0.4, -0.2) is 37.7 Å². The molecule has 28 heavy (non-hydrogen) atoms. The minimum atomic E-state index is -2.01. The van der Waals surface area contributed by atoms with E-state index in [1.165, 1.54) is 0 Å². The lowest BCUT2D eigenvalue weighted by Crippen LogP contribution is -2.45. The molecule has 4 nitrogen and oxygen atoms in total. The molecule has 1 aliphatic heterocycles. The zero-order valence-electron chi connectivity index (χ0n) is 18.8. The zero-order valence-corrected chi connectivity index (χ0v) is 21.9. The maximum atomic E-state index is 12.8. The molecule has 5 atom stereocenters. The van der Waals surface area contributed by atoms with Crippen LogP contribution < -0.4 is 0 Å². The van der Waals surface area contributed by atoms with Crippen molar-refractivity contribution in [1.82, 2.24) is 0 Å². The van der Waals surface area contributed by atoms with Gasteiger partial charge in [0.05, 0.1) is 18.6 Å². The van der Waals surface area contributed by atoms with E-state index in [1.807, 2.05) is 30.1 Å². The number of hydrogen-bond acceptors (Lipinski definition) is 4. The lowest BCUT2D eigenvalue weighted by atomic mass is 9.92. The van der Waals surface area contributed by atoms with Crippen LogP contribution in [0.25, 0.3) is 0 Å². The van der Waals surface area contributed by atoms with E-state index in [0.717, 1.165) is 18.4 Å². The van der Waals surface area contributed by atoms with E-state index in [4.69, 9.17) is 9.16 Å². The average Bonchev–Trinajstić information content (AvgIpc) is 2.58. The van der Waals surface area contributed by atoms with Crippen molar-refractivity contribution in [1.29, 1.82) is 0 Å². The lowest BCUT2D eigenvalue weighted by molar-refractivity contribution is -0.150. The number of aliphatic hydroxyl groups excluding tert-OH is 1. The van der Waals surface area contributed by atoms with Gasteiger partial charge in [-0.25, -0.2) is 0 Å².